The number of imide groups is 1. The van der Waals surface area contributed by atoms with Crippen LogP contribution in [0.3, 0.4) is 0 Å². The van der Waals surface area contributed by atoms with E-state index in [0.717, 1.165) is 42.8 Å². The molecule has 0 aliphatic heterocycles. The second kappa shape index (κ2) is 7.13. The van der Waals surface area contributed by atoms with Crippen molar-refractivity contribution in [3.63, 3.8) is 0 Å². The van der Waals surface area contributed by atoms with Crippen LogP contribution in [0.5, 0.6) is 0 Å². The van der Waals surface area contributed by atoms with E-state index < -0.39 is 0 Å². The van der Waals surface area contributed by atoms with Gasteiger partial charge < -0.3 is 10.6 Å². The molecule has 0 bridgehead atoms. The normalized spacial score (nSPS) is 18.2. The number of amides is 2. The number of rotatable bonds is 7. The molecule has 2 aromatic rings. The molecule has 150 valence electrons. The van der Waals surface area contributed by atoms with Crippen LogP contribution in [0.1, 0.15) is 44.1 Å². The number of carbonyl (C=O) groups excluding carboxylic acids is 2. The standard InChI is InChI=1S/C22H25N5O2/c1-13-12-23-22(26-19(13)24-16-6-7-16)25-17-8-10-18(11-9-17)27(20(28)14-2-3-14)21(29)15-4-5-15/h8-12,14-16H,2-7H2,1H3,(H2,23,24,25,26). The summed E-state index contributed by atoms with van der Waals surface area (Å²) >= 11 is 0. The van der Waals surface area contributed by atoms with Gasteiger partial charge >= 0.3 is 0 Å². The molecule has 7 nitrogen and oxygen atoms in total. The molecule has 1 aromatic heterocycles. The highest BCUT2D eigenvalue weighted by Gasteiger charge is 2.42. The number of aryl methyl sites for hydroxylation is 1. The van der Waals surface area contributed by atoms with Crippen LogP contribution in [0.15, 0.2) is 30.5 Å². The van der Waals surface area contributed by atoms with Gasteiger partial charge in [0.2, 0.25) is 17.8 Å². The van der Waals surface area contributed by atoms with E-state index in [2.05, 4.69) is 20.6 Å². The average Bonchev–Trinajstić information content (AvgIpc) is 3.57. The molecule has 29 heavy (non-hydrogen) atoms. The van der Waals surface area contributed by atoms with Crippen LogP contribution < -0.4 is 15.5 Å². The minimum atomic E-state index is -0.0553. The molecule has 1 aromatic carbocycles. The Morgan fingerprint density at radius 2 is 1.59 bits per heavy atom. The van der Waals surface area contributed by atoms with Crippen molar-refractivity contribution in [3.05, 3.63) is 36.0 Å². The molecule has 0 radical (unpaired) electrons. The van der Waals surface area contributed by atoms with Crippen molar-refractivity contribution in [1.82, 2.24) is 9.97 Å². The Morgan fingerprint density at radius 1 is 0.966 bits per heavy atom. The maximum absolute atomic E-state index is 12.7. The number of nitrogens with zero attached hydrogens (tertiary/aromatic N) is 3. The first-order valence-electron chi connectivity index (χ1n) is 10.4. The maximum Gasteiger partial charge on any atom is 0.236 e. The molecule has 7 heteroatoms. The number of aromatic nitrogens is 2. The first-order valence-corrected chi connectivity index (χ1v) is 10.4. The van der Waals surface area contributed by atoms with Gasteiger partial charge in [0, 0.05) is 35.3 Å². The fourth-order valence-corrected chi connectivity index (χ4v) is 3.28. The molecule has 2 amide bonds. The number of anilines is 4. The zero-order valence-corrected chi connectivity index (χ0v) is 16.5. The van der Waals surface area contributed by atoms with E-state index in [1.165, 1.54) is 17.7 Å². The highest BCUT2D eigenvalue weighted by Crippen LogP contribution is 2.37. The molecular weight excluding hydrogens is 366 g/mol. The highest BCUT2D eigenvalue weighted by atomic mass is 16.2. The van der Waals surface area contributed by atoms with Crippen molar-refractivity contribution in [2.45, 2.75) is 51.5 Å². The van der Waals surface area contributed by atoms with Crippen molar-refractivity contribution in [2.24, 2.45) is 11.8 Å². The van der Waals surface area contributed by atoms with Crippen molar-refractivity contribution < 1.29 is 9.59 Å². The van der Waals surface area contributed by atoms with E-state index in [1.807, 2.05) is 31.2 Å². The van der Waals surface area contributed by atoms with Crippen LogP contribution in [-0.2, 0) is 9.59 Å². The van der Waals surface area contributed by atoms with Gasteiger partial charge in [0.15, 0.2) is 0 Å². The smallest absolute Gasteiger partial charge is 0.236 e. The number of hydrogen-bond acceptors (Lipinski definition) is 6. The van der Waals surface area contributed by atoms with Crippen molar-refractivity contribution in [2.75, 3.05) is 15.5 Å². The molecule has 1 heterocycles. The summed E-state index contributed by atoms with van der Waals surface area (Å²) in [6.07, 6.45) is 7.71. The average molecular weight is 391 g/mol. The summed E-state index contributed by atoms with van der Waals surface area (Å²) in [6.45, 7) is 1.99. The highest BCUT2D eigenvalue weighted by molar-refractivity contribution is 6.17. The maximum atomic E-state index is 12.7. The third-order valence-electron chi connectivity index (χ3n) is 5.57. The minimum Gasteiger partial charge on any atom is -0.367 e. The summed E-state index contributed by atoms with van der Waals surface area (Å²) in [5, 5.41) is 6.63. The first-order chi connectivity index (χ1) is 14.1. The number of benzene rings is 1. The van der Waals surface area contributed by atoms with Gasteiger partial charge in [-0.25, -0.2) is 4.98 Å². The summed E-state index contributed by atoms with van der Waals surface area (Å²) in [6, 6.07) is 7.88. The van der Waals surface area contributed by atoms with Crippen molar-refractivity contribution in [1.29, 1.82) is 0 Å². The minimum absolute atomic E-state index is 0.00819. The molecule has 0 spiro atoms. The fourth-order valence-electron chi connectivity index (χ4n) is 3.28. The number of carbonyl (C=O) groups is 2. The van der Waals surface area contributed by atoms with Gasteiger partial charge in [0.25, 0.3) is 0 Å². The zero-order chi connectivity index (χ0) is 20.0. The van der Waals surface area contributed by atoms with Crippen LogP contribution >= 0.6 is 0 Å². The van der Waals surface area contributed by atoms with E-state index in [0.29, 0.717) is 17.7 Å². The lowest BCUT2D eigenvalue weighted by atomic mass is 10.2. The lowest BCUT2D eigenvalue weighted by Gasteiger charge is -2.21. The van der Waals surface area contributed by atoms with Crippen LogP contribution in [0.25, 0.3) is 0 Å². The predicted octanol–water partition coefficient (Wildman–Crippen LogP) is 3.78. The molecule has 3 saturated carbocycles. The number of nitrogens with one attached hydrogen (secondary N) is 2. The summed E-state index contributed by atoms with van der Waals surface area (Å²) in [5.74, 6) is 1.28. The van der Waals surface area contributed by atoms with Gasteiger partial charge in [-0.05, 0) is 69.7 Å². The Bertz CT molecular complexity index is 922. The molecule has 2 N–H and O–H groups in total. The van der Waals surface area contributed by atoms with Crippen LogP contribution in [-0.4, -0.2) is 27.8 Å². The molecule has 0 saturated heterocycles. The van der Waals surface area contributed by atoms with Crippen molar-refractivity contribution >= 4 is 35.0 Å². The predicted molar refractivity (Wildman–Crippen MR) is 111 cm³/mol. The van der Waals surface area contributed by atoms with E-state index in [4.69, 9.17) is 0 Å². The van der Waals surface area contributed by atoms with Gasteiger partial charge in [0.1, 0.15) is 5.82 Å². The third-order valence-corrected chi connectivity index (χ3v) is 5.57. The van der Waals surface area contributed by atoms with Crippen LogP contribution in [0.4, 0.5) is 23.1 Å². The summed E-state index contributed by atoms with van der Waals surface area (Å²) in [7, 11) is 0. The lowest BCUT2D eigenvalue weighted by molar-refractivity contribution is -0.127. The summed E-state index contributed by atoms with van der Waals surface area (Å²) in [5.41, 5.74) is 2.48. The van der Waals surface area contributed by atoms with E-state index in [1.54, 1.807) is 6.20 Å². The van der Waals surface area contributed by atoms with Gasteiger partial charge in [0.05, 0.1) is 5.69 Å². The Morgan fingerprint density at radius 3 is 2.14 bits per heavy atom. The first kappa shape index (κ1) is 18.1. The van der Waals surface area contributed by atoms with Gasteiger partial charge in [-0.2, -0.15) is 4.98 Å². The monoisotopic (exact) mass is 391 g/mol. The number of hydrogen-bond donors (Lipinski definition) is 2. The molecule has 3 aliphatic carbocycles. The van der Waals surface area contributed by atoms with E-state index >= 15 is 0 Å². The van der Waals surface area contributed by atoms with Crippen LogP contribution in [0.2, 0.25) is 0 Å². The summed E-state index contributed by atoms with van der Waals surface area (Å²) < 4.78 is 0. The SMILES string of the molecule is Cc1cnc(Nc2ccc(N(C(=O)C3CC3)C(=O)C3CC3)cc2)nc1NC1CC1. The second-order valence-electron chi connectivity index (χ2n) is 8.38. The molecule has 3 fully saturated rings. The summed E-state index contributed by atoms with van der Waals surface area (Å²) in [4.78, 5) is 35.7. The quantitative estimate of drug-likeness (QED) is 0.699. The molecule has 0 unspecified atom stereocenters. The largest absolute Gasteiger partial charge is 0.367 e. The Labute approximate surface area is 169 Å². The molecular formula is C22H25N5O2. The molecule has 3 aliphatic rings. The van der Waals surface area contributed by atoms with Gasteiger partial charge in [-0.15, -0.1) is 0 Å². The Hall–Kier alpha value is -2.96. The van der Waals surface area contributed by atoms with E-state index in [-0.39, 0.29) is 23.7 Å². The topological polar surface area (TPSA) is 87.2 Å². The Balaban J connectivity index is 1.32. The zero-order valence-electron chi connectivity index (χ0n) is 16.5. The van der Waals surface area contributed by atoms with Crippen LogP contribution in [0, 0.1) is 18.8 Å². The van der Waals surface area contributed by atoms with Gasteiger partial charge in [-0.3, -0.25) is 14.5 Å². The van der Waals surface area contributed by atoms with Gasteiger partial charge in [-0.1, -0.05) is 0 Å². The molecule has 0 atom stereocenters. The Kier molecular flexibility index (Phi) is 4.45. The fraction of sp³-hybridized carbons (Fsp3) is 0.455. The lowest BCUT2D eigenvalue weighted by Crippen LogP contribution is -2.39. The third kappa shape index (κ3) is 4.09. The van der Waals surface area contributed by atoms with E-state index in [9.17, 15) is 9.59 Å². The molecule has 5 rings (SSSR count). The second-order valence-corrected chi connectivity index (χ2v) is 8.38. The van der Waals surface area contributed by atoms with Crippen molar-refractivity contribution in [3.8, 4) is 0 Å².